The molecule has 0 amide bonds. The van der Waals surface area contributed by atoms with Crippen molar-refractivity contribution in [3.8, 4) is 0 Å². The molecule has 5 heteroatoms. The molecule has 1 aliphatic heterocycles. The lowest BCUT2D eigenvalue weighted by atomic mass is 10.1. The smallest absolute Gasteiger partial charge is 0.240 e. The Morgan fingerprint density at radius 1 is 1.44 bits per heavy atom. The average molecular weight is 268 g/mol. The molecular weight excluding hydrogens is 248 g/mol. The highest BCUT2D eigenvalue weighted by atomic mass is 32.2. The maximum absolute atomic E-state index is 12.1. The lowest BCUT2D eigenvalue weighted by Crippen LogP contribution is -2.24. The van der Waals surface area contributed by atoms with Gasteiger partial charge in [0.2, 0.25) is 10.0 Å². The molecule has 0 aromatic heterocycles. The minimum atomic E-state index is -3.35. The van der Waals surface area contributed by atoms with Crippen LogP contribution in [0.15, 0.2) is 23.1 Å². The second-order valence-corrected chi connectivity index (χ2v) is 6.59. The Morgan fingerprint density at radius 2 is 2.22 bits per heavy atom. The fourth-order valence-electron chi connectivity index (χ4n) is 2.16. The van der Waals surface area contributed by atoms with Crippen molar-refractivity contribution in [2.24, 2.45) is 0 Å². The minimum Gasteiger partial charge on any atom is -0.382 e. The Balaban J connectivity index is 2.17. The van der Waals surface area contributed by atoms with E-state index in [2.05, 4.69) is 17.0 Å². The second-order valence-electron chi connectivity index (χ2n) is 4.82. The molecule has 2 rings (SSSR count). The second kappa shape index (κ2) is 5.28. The van der Waals surface area contributed by atoms with Crippen LogP contribution in [0, 0.1) is 0 Å². The summed E-state index contributed by atoms with van der Waals surface area (Å²) < 4.78 is 26.7. The van der Waals surface area contributed by atoms with E-state index in [4.69, 9.17) is 0 Å². The third-order valence-corrected chi connectivity index (χ3v) is 4.60. The monoisotopic (exact) mass is 268 g/mol. The Labute approximate surface area is 109 Å². The highest BCUT2D eigenvalue weighted by Gasteiger charge is 2.20. The van der Waals surface area contributed by atoms with Gasteiger partial charge in [0, 0.05) is 18.3 Å². The normalized spacial score (nSPS) is 18.4. The van der Waals surface area contributed by atoms with Gasteiger partial charge in [-0.1, -0.05) is 13.3 Å². The van der Waals surface area contributed by atoms with Gasteiger partial charge in [-0.15, -0.1) is 0 Å². The highest BCUT2D eigenvalue weighted by molar-refractivity contribution is 7.89. The molecule has 1 aliphatic rings. The van der Waals surface area contributed by atoms with Gasteiger partial charge in [0.25, 0.3) is 0 Å². The Bertz CT molecular complexity index is 526. The highest BCUT2D eigenvalue weighted by Crippen LogP contribution is 2.27. The summed E-state index contributed by atoms with van der Waals surface area (Å²) in [5, 5.41) is 3.31. The fourth-order valence-corrected chi connectivity index (χ4v) is 3.28. The third-order valence-electron chi connectivity index (χ3n) is 3.14. The number of unbranched alkanes of at least 4 members (excludes halogenated alkanes) is 1. The maximum atomic E-state index is 12.1. The molecule has 2 N–H and O–H groups in total. The van der Waals surface area contributed by atoms with Crippen molar-refractivity contribution in [1.29, 1.82) is 0 Å². The summed E-state index contributed by atoms with van der Waals surface area (Å²) >= 11 is 0. The van der Waals surface area contributed by atoms with E-state index in [9.17, 15) is 8.42 Å². The largest absolute Gasteiger partial charge is 0.382 e. The predicted molar refractivity (Wildman–Crippen MR) is 73.3 cm³/mol. The zero-order chi connectivity index (χ0) is 13.2. The number of hydrogen-bond acceptors (Lipinski definition) is 3. The van der Waals surface area contributed by atoms with Crippen LogP contribution >= 0.6 is 0 Å². The average Bonchev–Trinajstić information content (AvgIpc) is 2.68. The van der Waals surface area contributed by atoms with Crippen molar-refractivity contribution in [1.82, 2.24) is 4.72 Å². The summed E-state index contributed by atoms with van der Waals surface area (Å²) in [6, 6.07) is 5.68. The van der Waals surface area contributed by atoms with Crippen molar-refractivity contribution in [2.75, 3.05) is 11.9 Å². The van der Waals surface area contributed by atoms with Crippen LogP contribution in [0.3, 0.4) is 0 Å². The Morgan fingerprint density at radius 3 is 2.94 bits per heavy atom. The van der Waals surface area contributed by atoms with Gasteiger partial charge < -0.3 is 5.32 Å². The number of fused-ring (bicyclic) bond motifs is 1. The molecule has 0 saturated heterocycles. The van der Waals surface area contributed by atoms with Crippen LogP contribution in [0.25, 0.3) is 0 Å². The number of anilines is 1. The zero-order valence-electron chi connectivity index (χ0n) is 10.9. The van der Waals surface area contributed by atoms with Crippen molar-refractivity contribution < 1.29 is 8.42 Å². The predicted octanol–water partition coefficient (Wildman–Crippen LogP) is 2.12. The summed E-state index contributed by atoms with van der Waals surface area (Å²) in [6.07, 6.45) is 2.73. The van der Waals surface area contributed by atoms with Gasteiger partial charge in [0.1, 0.15) is 0 Å². The van der Waals surface area contributed by atoms with Gasteiger partial charge in [-0.3, -0.25) is 0 Å². The van der Waals surface area contributed by atoms with E-state index in [1.165, 1.54) is 0 Å². The molecule has 18 heavy (non-hydrogen) atoms. The molecule has 0 spiro atoms. The maximum Gasteiger partial charge on any atom is 0.240 e. The lowest BCUT2D eigenvalue weighted by Gasteiger charge is -2.07. The molecule has 4 nitrogen and oxygen atoms in total. The number of rotatable bonds is 5. The van der Waals surface area contributed by atoms with E-state index in [1.54, 1.807) is 12.1 Å². The van der Waals surface area contributed by atoms with Gasteiger partial charge >= 0.3 is 0 Å². The van der Waals surface area contributed by atoms with Crippen LogP contribution in [0.2, 0.25) is 0 Å². The van der Waals surface area contributed by atoms with Crippen molar-refractivity contribution in [3.05, 3.63) is 23.8 Å². The van der Waals surface area contributed by atoms with Gasteiger partial charge in [-0.25, -0.2) is 13.1 Å². The zero-order valence-corrected chi connectivity index (χ0v) is 11.7. The first-order valence-electron chi connectivity index (χ1n) is 6.42. The topological polar surface area (TPSA) is 58.2 Å². The molecule has 0 saturated carbocycles. The van der Waals surface area contributed by atoms with Crippen LogP contribution in [0.1, 0.15) is 32.3 Å². The number of sulfonamides is 1. The van der Waals surface area contributed by atoms with Gasteiger partial charge in [-0.2, -0.15) is 0 Å². The summed E-state index contributed by atoms with van der Waals surface area (Å²) in [6.45, 7) is 4.63. The van der Waals surface area contributed by atoms with Crippen LogP contribution < -0.4 is 10.0 Å². The Kier molecular flexibility index (Phi) is 3.92. The van der Waals surface area contributed by atoms with Crippen LogP contribution in [0.5, 0.6) is 0 Å². The first-order chi connectivity index (χ1) is 8.53. The quantitative estimate of drug-likeness (QED) is 0.804. The summed E-state index contributed by atoms with van der Waals surface area (Å²) in [5.74, 6) is 0. The van der Waals surface area contributed by atoms with Gasteiger partial charge in [-0.05, 0) is 43.5 Å². The third kappa shape index (κ3) is 2.84. The van der Waals surface area contributed by atoms with E-state index >= 15 is 0 Å². The fraction of sp³-hybridized carbons (Fsp3) is 0.538. The van der Waals surface area contributed by atoms with Crippen LogP contribution in [-0.2, 0) is 16.4 Å². The van der Waals surface area contributed by atoms with E-state index in [0.717, 1.165) is 30.5 Å². The van der Waals surface area contributed by atoms with Gasteiger partial charge in [0.15, 0.2) is 0 Å². The Hall–Kier alpha value is -1.07. The first kappa shape index (κ1) is 13.4. The summed E-state index contributed by atoms with van der Waals surface area (Å²) in [4.78, 5) is 0.369. The SMILES string of the molecule is CCCCNS(=O)(=O)c1ccc2c(c1)C[C@@H](C)N2. The summed E-state index contributed by atoms with van der Waals surface area (Å²) in [7, 11) is -3.35. The molecule has 0 aliphatic carbocycles. The number of hydrogen-bond donors (Lipinski definition) is 2. The molecule has 1 heterocycles. The number of benzene rings is 1. The van der Waals surface area contributed by atoms with Gasteiger partial charge in [0.05, 0.1) is 4.90 Å². The standard InChI is InChI=1S/C13H20N2O2S/c1-3-4-7-14-18(16,17)12-5-6-13-11(9-12)8-10(2)15-13/h5-6,9-10,14-15H,3-4,7-8H2,1-2H3/t10-/m1/s1. The van der Waals surface area contributed by atoms with Crippen molar-refractivity contribution in [3.63, 3.8) is 0 Å². The van der Waals surface area contributed by atoms with E-state index < -0.39 is 10.0 Å². The van der Waals surface area contributed by atoms with E-state index in [0.29, 0.717) is 17.5 Å². The lowest BCUT2D eigenvalue weighted by molar-refractivity contribution is 0.578. The summed E-state index contributed by atoms with van der Waals surface area (Å²) in [5.41, 5.74) is 2.14. The molecule has 0 unspecified atom stereocenters. The molecule has 100 valence electrons. The van der Waals surface area contributed by atoms with E-state index in [-0.39, 0.29) is 0 Å². The van der Waals surface area contributed by atoms with Crippen molar-refractivity contribution >= 4 is 15.7 Å². The van der Waals surface area contributed by atoms with Crippen molar-refractivity contribution in [2.45, 2.75) is 44.0 Å². The first-order valence-corrected chi connectivity index (χ1v) is 7.90. The molecule has 0 radical (unpaired) electrons. The number of nitrogens with one attached hydrogen (secondary N) is 2. The molecule has 1 aromatic rings. The molecule has 1 aromatic carbocycles. The molecule has 1 atom stereocenters. The minimum absolute atomic E-state index is 0.369. The van der Waals surface area contributed by atoms with E-state index in [1.807, 2.05) is 13.0 Å². The molecule has 0 fully saturated rings. The molecular formula is C13H20N2O2S. The van der Waals surface area contributed by atoms with Crippen LogP contribution in [0.4, 0.5) is 5.69 Å². The van der Waals surface area contributed by atoms with Crippen LogP contribution in [-0.4, -0.2) is 21.0 Å². The molecule has 0 bridgehead atoms.